The Hall–Kier alpha value is -2.94. The Bertz CT molecular complexity index is 831. The number of methoxy groups -OCH3 is 1. The average molecular weight is 384 g/mol. The van der Waals surface area contributed by atoms with E-state index in [9.17, 15) is 9.59 Å². The number of hydrogen-bond acceptors (Lipinski definition) is 7. The van der Waals surface area contributed by atoms with Crippen molar-refractivity contribution < 1.29 is 14.3 Å². The number of piperazine rings is 1. The monoisotopic (exact) mass is 384 g/mol. The van der Waals surface area contributed by atoms with Crippen molar-refractivity contribution in [2.45, 2.75) is 18.5 Å². The molecule has 0 bridgehead atoms. The van der Waals surface area contributed by atoms with Gasteiger partial charge in [0.05, 0.1) is 25.4 Å². The third-order valence-corrected chi connectivity index (χ3v) is 5.40. The highest BCUT2D eigenvalue weighted by Crippen LogP contribution is 2.22. The van der Waals surface area contributed by atoms with E-state index < -0.39 is 5.97 Å². The van der Waals surface area contributed by atoms with Crippen molar-refractivity contribution in [3.63, 3.8) is 0 Å². The van der Waals surface area contributed by atoms with Crippen molar-refractivity contribution in [2.75, 3.05) is 44.7 Å². The lowest BCUT2D eigenvalue weighted by Crippen LogP contribution is -2.53. The predicted molar refractivity (Wildman–Crippen MR) is 102 cm³/mol. The van der Waals surface area contributed by atoms with E-state index in [-0.39, 0.29) is 23.7 Å². The summed E-state index contributed by atoms with van der Waals surface area (Å²) in [5.74, 6) is -0.385. The Labute approximate surface area is 163 Å². The molecule has 2 aliphatic rings. The van der Waals surface area contributed by atoms with E-state index >= 15 is 0 Å². The Morgan fingerprint density at radius 1 is 1.14 bits per heavy atom. The maximum Gasteiger partial charge on any atom is 0.360 e. The summed E-state index contributed by atoms with van der Waals surface area (Å²) in [5, 5.41) is 11.1. The van der Waals surface area contributed by atoms with E-state index in [1.807, 2.05) is 23.1 Å². The maximum absolute atomic E-state index is 12.9. The second-order valence-corrected chi connectivity index (χ2v) is 7.07. The van der Waals surface area contributed by atoms with Crippen molar-refractivity contribution in [3.05, 3.63) is 42.2 Å². The molecule has 0 saturated carbocycles. The number of carbonyl (C=O) groups excluding carboxylic acids is 2. The van der Waals surface area contributed by atoms with Gasteiger partial charge in [-0.05, 0) is 18.6 Å². The van der Waals surface area contributed by atoms with Crippen LogP contribution >= 0.6 is 0 Å². The highest BCUT2D eigenvalue weighted by atomic mass is 16.5. The number of carbonyl (C=O) groups is 2. The molecule has 9 heteroatoms. The summed E-state index contributed by atoms with van der Waals surface area (Å²) >= 11 is 0. The van der Waals surface area contributed by atoms with Crippen LogP contribution in [0.4, 0.5) is 5.69 Å². The van der Waals surface area contributed by atoms with Crippen LogP contribution < -0.4 is 10.2 Å². The molecular formula is C19H24N6O3. The number of hydrogen-bond donors (Lipinski definition) is 1. The van der Waals surface area contributed by atoms with Crippen LogP contribution in [0.2, 0.25) is 0 Å². The van der Waals surface area contributed by atoms with E-state index in [0.29, 0.717) is 26.1 Å². The standard InChI is InChI=1S/C19H24N6O3/c1-28-19(27)17-13-25(22-21-17)15-11-16(20-12-15)18(26)24-9-7-23(8-10-24)14-5-3-2-4-6-14/h2-6,13,15-16,20H,7-12H2,1H3/t15-,16-/m0/s1. The predicted octanol–water partition coefficient (Wildman–Crippen LogP) is 0.317. The van der Waals surface area contributed by atoms with E-state index in [1.165, 1.54) is 12.8 Å². The zero-order valence-corrected chi connectivity index (χ0v) is 15.8. The summed E-state index contributed by atoms with van der Waals surface area (Å²) in [4.78, 5) is 28.7. The number of ether oxygens (including phenoxy) is 1. The van der Waals surface area contributed by atoms with Crippen LogP contribution in [0.25, 0.3) is 0 Å². The molecule has 28 heavy (non-hydrogen) atoms. The fraction of sp³-hybridized carbons (Fsp3) is 0.474. The van der Waals surface area contributed by atoms with Gasteiger partial charge in [0.2, 0.25) is 5.91 Å². The number of esters is 1. The number of nitrogens with zero attached hydrogens (tertiary/aromatic N) is 5. The fourth-order valence-corrected chi connectivity index (χ4v) is 3.80. The molecule has 0 unspecified atom stereocenters. The van der Waals surface area contributed by atoms with E-state index in [4.69, 9.17) is 0 Å². The van der Waals surface area contributed by atoms with Crippen LogP contribution in [0.15, 0.2) is 36.5 Å². The summed E-state index contributed by atoms with van der Waals surface area (Å²) in [6.45, 7) is 3.71. The molecule has 3 heterocycles. The molecule has 1 N–H and O–H groups in total. The average Bonchev–Trinajstić information content (AvgIpc) is 3.43. The van der Waals surface area contributed by atoms with Crippen molar-refractivity contribution in [2.24, 2.45) is 0 Å². The van der Waals surface area contributed by atoms with Gasteiger partial charge in [0.15, 0.2) is 5.69 Å². The summed E-state index contributed by atoms with van der Waals surface area (Å²) in [6.07, 6.45) is 2.20. The van der Waals surface area contributed by atoms with Crippen molar-refractivity contribution >= 4 is 17.6 Å². The molecule has 1 aromatic carbocycles. The molecule has 148 valence electrons. The molecule has 0 aliphatic carbocycles. The maximum atomic E-state index is 12.9. The minimum absolute atomic E-state index is 0.00883. The minimum atomic E-state index is -0.513. The Morgan fingerprint density at radius 3 is 2.61 bits per heavy atom. The van der Waals surface area contributed by atoms with Crippen LogP contribution in [0.1, 0.15) is 23.0 Å². The SMILES string of the molecule is COC(=O)c1cn([C@@H]2CN[C@H](C(=O)N3CCN(c4ccccc4)CC3)C2)nn1. The Balaban J connectivity index is 1.31. The molecule has 1 amide bonds. The Morgan fingerprint density at radius 2 is 1.89 bits per heavy atom. The summed E-state index contributed by atoms with van der Waals surface area (Å²) in [5.41, 5.74) is 1.37. The van der Waals surface area contributed by atoms with Crippen LogP contribution in [0.3, 0.4) is 0 Å². The topological polar surface area (TPSA) is 92.6 Å². The third-order valence-electron chi connectivity index (χ3n) is 5.40. The summed E-state index contributed by atoms with van der Waals surface area (Å²) in [7, 11) is 1.31. The Kier molecular flexibility index (Phi) is 5.25. The summed E-state index contributed by atoms with van der Waals surface area (Å²) < 4.78 is 6.30. The molecule has 4 rings (SSSR count). The lowest BCUT2D eigenvalue weighted by Gasteiger charge is -2.37. The molecule has 1 aromatic heterocycles. The molecule has 2 atom stereocenters. The molecule has 2 fully saturated rings. The molecular weight excluding hydrogens is 360 g/mol. The van der Waals surface area contributed by atoms with Crippen molar-refractivity contribution in [1.29, 1.82) is 0 Å². The zero-order chi connectivity index (χ0) is 19.5. The number of aromatic nitrogens is 3. The highest BCUT2D eigenvalue weighted by molar-refractivity contribution is 5.86. The van der Waals surface area contributed by atoms with Gasteiger partial charge in [0, 0.05) is 38.4 Å². The van der Waals surface area contributed by atoms with Gasteiger partial charge in [0.25, 0.3) is 0 Å². The normalized spacial score (nSPS) is 22.3. The first kappa shape index (κ1) is 18.4. The molecule has 2 aliphatic heterocycles. The number of benzene rings is 1. The van der Waals surface area contributed by atoms with Gasteiger partial charge in [-0.3, -0.25) is 4.79 Å². The van der Waals surface area contributed by atoms with Crippen molar-refractivity contribution in [1.82, 2.24) is 25.2 Å². The van der Waals surface area contributed by atoms with Gasteiger partial charge >= 0.3 is 5.97 Å². The summed E-state index contributed by atoms with van der Waals surface area (Å²) in [6, 6.07) is 10.0. The van der Waals surface area contributed by atoms with Gasteiger partial charge in [-0.25, -0.2) is 9.48 Å². The fourth-order valence-electron chi connectivity index (χ4n) is 3.80. The molecule has 2 aromatic rings. The smallest absolute Gasteiger partial charge is 0.360 e. The molecule has 0 spiro atoms. The first-order chi connectivity index (χ1) is 13.7. The number of para-hydroxylation sites is 1. The molecule has 9 nitrogen and oxygen atoms in total. The third kappa shape index (κ3) is 3.70. The number of amides is 1. The number of nitrogens with one attached hydrogen (secondary N) is 1. The first-order valence-electron chi connectivity index (χ1n) is 9.48. The van der Waals surface area contributed by atoms with E-state index in [1.54, 1.807) is 10.9 Å². The molecule has 2 saturated heterocycles. The quantitative estimate of drug-likeness (QED) is 0.759. The first-order valence-corrected chi connectivity index (χ1v) is 9.48. The zero-order valence-electron chi connectivity index (χ0n) is 15.8. The minimum Gasteiger partial charge on any atom is -0.464 e. The van der Waals surface area contributed by atoms with Crippen LogP contribution in [0.5, 0.6) is 0 Å². The van der Waals surface area contributed by atoms with Crippen LogP contribution in [0, 0.1) is 0 Å². The largest absolute Gasteiger partial charge is 0.464 e. The second kappa shape index (κ2) is 7.97. The lowest BCUT2D eigenvalue weighted by atomic mass is 10.1. The highest BCUT2D eigenvalue weighted by Gasteiger charge is 2.35. The van der Waals surface area contributed by atoms with Crippen LogP contribution in [-0.4, -0.2) is 77.6 Å². The lowest BCUT2D eigenvalue weighted by molar-refractivity contribution is -0.133. The van der Waals surface area contributed by atoms with Gasteiger partial charge < -0.3 is 19.9 Å². The van der Waals surface area contributed by atoms with Gasteiger partial charge in [-0.1, -0.05) is 23.4 Å². The molecule has 0 radical (unpaired) electrons. The number of anilines is 1. The van der Waals surface area contributed by atoms with Gasteiger partial charge in [-0.15, -0.1) is 5.10 Å². The van der Waals surface area contributed by atoms with E-state index in [0.717, 1.165) is 13.1 Å². The van der Waals surface area contributed by atoms with Crippen molar-refractivity contribution in [3.8, 4) is 0 Å². The van der Waals surface area contributed by atoms with Gasteiger partial charge in [0.1, 0.15) is 0 Å². The second-order valence-electron chi connectivity index (χ2n) is 7.07. The van der Waals surface area contributed by atoms with E-state index in [2.05, 4.69) is 37.4 Å². The van der Waals surface area contributed by atoms with Gasteiger partial charge in [-0.2, -0.15) is 0 Å². The van der Waals surface area contributed by atoms with Crippen LogP contribution in [-0.2, 0) is 9.53 Å². The number of rotatable bonds is 4.